The van der Waals surface area contributed by atoms with Crippen molar-refractivity contribution in [3.8, 4) is 0 Å². The first-order valence-electron chi connectivity index (χ1n) is 20.7. The number of primary amides is 1. The van der Waals surface area contributed by atoms with Crippen LogP contribution in [0, 0.1) is 51.2 Å². The summed E-state index contributed by atoms with van der Waals surface area (Å²) in [5, 5.41) is 3.32. The lowest BCUT2D eigenvalue weighted by atomic mass is 9.73. The van der Waals surface area contributed by atoms with Gasteiger partial charge in [-0.25, -0.2) is 0 Å². The van der Waals surface area contributed by atoms with Gasteiger partial charge in [0.1, 0.15) is 5.78 Å². The van der Waals surface area contributed by atoms with Crippen LogP contribution < -0.4 is 11.1 Å². The molecule has 3 amide bonds. The molecule has 0 aromatic rings. The number of piperazine rings is 1. The van der Waals surface area contributed by atoms with Gasteiger partial charge in [-0.05, 0) is 66.6 Å². The highest BCUT2D eigenvalue weighted by Gasteiger charge is 2.85. The van der Waals surface area contributed by atoms with Gasteiger partial charge in [0.15, 0.2) is 5.78 Å². The summed E-state index contributed by atoms with van der Waals surface area (Å²) in [5.41, 5.74) is 4.77. The molecule has 0 aromatic heterocycles. The van der Waals surface area contributed by atoms with Gasteiger partial charge in [0, 0.05) is 75.2 Å². The van der Waals surface area contributed by atoms with Crippen molar-refractivity contribution in [1.29, 1.82) is 0 Å². The Morgan fingerprint density at radius 3 is 1.98 bits per heavy atom. The lowest BCUT2D eigenvalue weighted by Gasteiger charge is -2.37. The molecule has 1 unspecified atom stereocenters. The zero-order valence-corrected chi connectivity index (χ0v) is 32.7. The highest BCUT2D eigenvalue weighted by atomic mass is 16.2. The van der Waals surface area contributed by atoms with Gasteiger partial charge in [0.05, 0.1) is 6.04 Å². The van der Waals surface area contributed by atoms with Crippen LogP contribution >= 0.6 is 0 Å². The smallest absolute Gasteiger partial charge is 0.285 e. The third-order valence-electron chi connectivity index (χ3n) is 15.6. The van der Waals surface area contributed by atoms with E-state index in [1.807, 2.05) is 25.7 Å². The molecule has 2 spiro atoms. The zero-order valence-electron chi connectivity index (χ0n) is 32.7. The highest BCUT2D eigenvalue weighted by Crippen LogP contribution is 2.88. The SMILES string of the molecule is CC(C)(C)[C@H](CC(=O)C[C@H](C(=O)N1CCNCC1)C1CCCCC1)C(=O)N1C[C@]2(C[C@H]1C(=O)CC(CC1CCC1)C(=O)C(N)=O)C(C)(C)C21CCC1. The molecule has 52 heavy (non-hydrogen) atoms. The summed E-state index contributed by atoms with van der Waals surface area (Å²) >= 11 is 0. The summed E-state index contributed by atoms with van der Waals surface area (Å²) in [4.78, 5) is 86.4. The monoisotopic (exact) mass is 722 g/mol. The normalized spacial score (nSPS) is 28.8. The van der Waals surface area contributed by atoms with E-state index in [0.717, 1.165) is 83.7 Å². The van der Waals surface area contributed by atoms with Gasteiger partial charge in [0.2, 0.25) is 17.6 Å². The van der Waals surface area contributed by atoms with Crippen molar-refractivity contribution in [3.05, 3.63) is 0 Å². The molecular weight excluding hydrogens is 656 g/mol. The number of Topliss-reactive ketones (excluding diaryl/α,β-unsaturated/α-hetero) is 3. The number of nitrogens with two attached hydrogens (primary N) is 1. The summed E-state index contributed by atoms with van der Waals surface area (Å²) in [7, 11) is 0. The number of nitrogens with zero attached hydrogens (tertiary/aromatic N) is 2. The van der Waals surface area contributed by atoms with Crippen molar-refractivity contribution in [1.82, 2.24) is 15.1 Å². The molecule has 6 rings (SSSR count). The average Bonchev–Trinajstić information content (AvgIpc) is 3.28. The van der Waals surface area contributed by atoms with Crippen molar-refractivity contribution in [3.63, 3.8) is 0 Å². The number of carbonyl (C=O) groups excluding carboxylic acids is 6. The third kappa shape index (κ3) is 7.03. The fourth-order valence-corrected chi connectivity index (χ4v) is 11.7. The van der Waals surface area contributed by atoms with Gasteiger partial charge in [-0.15, -0.1) is 0 Å². The van der Waals surface area contributed by atoms with Crippen LogP contribution in [0.25, 0.3) is 0 Å². The van der Waals surface area contributed by atoms with Gasteiger partial charge < -0.3 is 20.9 Å². The number of nitrogens with one attached hydrogen (secondary N) is 1. The van der Waals surface area contributed by atoms with E-state index < -0.39 is 35.0 Å². The second kappa shape index (κ2) is 14.9. The Hall–Kier alpha value is -2.62. The Morgan fingerprint density at radius 2 is 1.46 bits per heavy atom. The molecule has 6 aliphatic rings. The fraction of sp³-hybridized carbons (Fsp3) is 0.857. The maximum absolute atomic E-state index is 15.0. The average molecular weight is 723 g/mol. The lowest BCUT2D eigenvalue weighted by molar-refractivity contribution is -0.147. The second-order valence-corrected chi connectivity index (χ2v) is 19.4. The second-order valence-electron chi connectivity index (χ2n) is 19.4. The molecule has 0 bridgehead atoms. The van der Waals surface area contributed by atoms with Crippen molar-refractivity contribution >= 4 is 35.1 Å². The lowest BCUT2D eigenvalue weighted by Crippen LogP contribution is -2.50. The minimum atomic E-state index is -1.00. The molecule has 2 heterocycles. The maximum Gasteiger partial charge on any atom is 0.285 e. The van der Waals surface area contributed by atoms with Crippen LogP contribution in [0.3, 0.4) is 0 Å². The van der Waals surface area contributed by atoms with Crippen LogP contribution in [0.5, 0.6) is 0 Å². The number of likely N-dealkylation sites (tertiary alicyclic amines) is 1. The minimum absolute atomic E-state index is 0.0315. The number of ketones is 3. The number of fused-ring (bicyclic) bond motifs is 1. The molecule has 6 fully saturated rings. The standard InChI is InChI=1S/C42H66N4O6/c1-39(2,3)32(24-30(47)23-31(28-13-7-6-8-14-28)37(51)45-19-17-44-18-20-45)38(52)46-26-42(40(4,5)41(42)15-10-16-41)25-33(46)34(48)22-29(35(49)36(43)50)21-27-11-9-12-27/h27-29,31-33,44H,6-26H2,1-5H3,(H2,43,50)/t29?,31-,32+,33-,42+/m0/s1. The Morgan fingerprint density at radius 1 is 0.808 bits per heavy atom. The van der Waals surface area contributed by atoms with Crippen LogP contribution in [-0.4, -0.2) is 83.6 Å². The van der Waals surface area contributed by atoms with E-state index in [2.05, 4.69) is 19.2 Å². The van der Waals surface area contributed by atoms with Crippen LogP contribution in [0.2, 0.25) is 0 Å². The van der Waals surface area contributed by atoms with Gasteiger partial charge >= 0.3 is 0 Å². The van der Waals surface area contributed by atoms with Gasteiger partial charge in [0.25, 0.3) is 5.91 Å². The molecule has 4 aliphatic carbocycles. The molecule has 10 heteroatoms. The Balaban J connectivity index is 1.24. The maximum atomic E-state index is 15.0. The zero-order chi connectivity index (χ0) is 37.6. The van der Waals surface area contributed by atoms with Crippen LogP contribution in [-0.2, 0) is 28.8 Å². The van der Waals surface area contributed by atoms with Crippen LogP contribution in [0.4, 0.5) is 0 Å². The fourth-order valence-electron chi connectivity index (χ4n) is 11.7. The van der Waals surface area contributed by atoms with E-state index in [9.17, 15) is 24.0 Å². The van der Waals surface area contributed by atoms with Crippen molar-refractivity contribution in [2.75, 3.05) is 32.7 Å². The molecule has 290 valence electrons. The first-order chi connectivity index (χ1) is 24.5. The molecule has 4 saturated carbocycles. The summed E-state index contributed by atoms with van der Waals surface area (Å²) in [5.74, 6) is -3.32. The number of carbonyl (C=O) groups is 6. The summed E-state index contributed by atoms with van der Waals surface area (Å²) < 4.78 is 0. The van der Waals surface area contributed by atoms with Crippen LogP contribution in [0.15, 0.2) is 0 Å². The molecule has 2 aliphatic heterocycles. The van der Waals surface area contributed by atoms with Crippen molar-refractivity contribution in [2.45, 2.75) is 143 Å². The van der Waals surface area contributed by atoms with Crippen molar-refractivity contribution in [2.24, 2.45) is 57.0 Å². The van der Waals surface area contributed by atoms with E-state index in [0.29, 0.717) is 38.4 Å². The number of hydrogen-bond donors (Lipinski definition) is 2. The first kappa shape index (κ1) is 39.1. The molecule has 0 radical (unpaired) electrons. The quantitative estimate of drug-likeness (QED) is 0.233. The van der Waals surface area contributed by atoms with Gasteiger partial charge in [-0.2, -0.15) is 0 Å². The molecule has 10 nitrogen and oxygen atoms in total. The predicted octanol–water partition coefficient (Wildman–Crippen LogP) is 5.24. The van der Waals surface area contributed by atoms with E-state index in [1.165, 1.54) is 0 Å². The Kier molecular flexibility index (Phi) is 11.2. The van der Waals surface area contributed by atoms with E-state index >= 15 is 4.79 Å². The van der Waals surface area contributed by atoms with Gasteiger partial charge in [-0.1, -0.05) is 79.6 Å². The molecular formula is C42H66N4O6. The topological polar surface area (TPSA) is 147 Å². The Bertz CT molecular complexity index is 1410. The van der Waals surface area contributed by atoms with E-state index in [4.69, 9.17) is 5.73 Å². The van der Waals surface area contributed by atoms with E-state index in [1.54, 1.807) is 4.90 Å². The Labute approximate surface area is 311 Å². The van der Waals surface area contributed by atoms with Gasteiger partial charge in [-0.3, -0.25) is 28.8 Å². The highest BCUT2D eigenvalue weighted by molar-refractivity contribution is 6.36. The first-order valence-corrected chi connectivity index (χ1v) is 20.7. The summed E-state index contributed by atoms with van der Waals surface area (Å²) in [6.45, 7) is 13.8. The minimum Gasteiger partial charge on any atom is -0.363 e. The molecule has 0 aromatic carbocycles. The third-order valence-corrected chi connectivity index (χ3v) is 15.6. The number of hydrogen-bond acceptors (Lipinski definition) is 7. The molecule has 5 atom stereocenters. The number of amides is 3. The summed E-state index contributed by atoms with van der Waals surface area (Å²) in [6.07, 6.45) is 12.7. The van der Waals surface area contributed by atoms with Crippen molar-refractivity contribution < 1.29 is 28.8 Å². The van der Waals surface area contributed by atoms with Crippen LogP contribution in [0.1, 0.15) is 137 Å². The molecule has 3 N–H and O–H groups in total. The molecule has 2 saturated heterocycles. The predicted molar refractivity (Wildman–Crippen MR) is 199 cm³/mol. The van der Waals surface area contributed by atoms with E-state index in [-0.39, 0.29) is 70.7 Å². The largest absolute Gasteiger partial charge is 0.363 e. The summed E-state index contributed by atoms with van der Waals surface area (Å²) in [6, 6.07) is -0.708. The number of rotatable bonds is 14.